The Morgan fingerprint density at radius 1 is 0.361 bits per heavy atom. The van der Waals surface area contributed by atoms with Crippen LogP contribution in [0.15, 0.2) is 0 Å². The minimum atomic E-state index is -0.00772. The second kappa shape index (κ2) is 32.5. The lowest BCUT2D eigenvalue weighted by Crippen LogP contribution is -2.05. The van der Waals surface area contributed by atoms with E-state index in [0.29, 0.717) is 13.0 Å². The van der Waals surface area contributed by atoms with Crippen molar-refractivity contribution < 1.29 is 9.53 Å². The molecular weight excluding hydrogens is 440 g/mol. The van der Waals surface area contributed by atoms with Crippen molar-refractivity contribution in [3.63, 3.8) is 0 Å². The molecule has 0 heterocycles. The van der Waals surface area contributed by atoms with E-state index in [1.807, 2.05) is 0 Å². The molecule has 36 heavy (non-hydrogen) atoms. The SMILES string of the molecule is CCCCCCCCCCCCCCCCCCCCCCCCCCCCCOC(=O)CCCC. The van der Waals surface area contributed by atoms with Gasteiger partial charge in [-0.1, -0.05) is 187 Å². The molecule has 0 aromatic heterocycles. The molecule has 0 aliphatic rings. The first-order chi connectivity index (χ1) is 17.8. The lowest BCUT2D eigenvalue weighted by Gasteiger charge is -2.05. The Bertz CT molecular complexity index is 406. The van der Waals surface area contributed by atoms with Crippen LogP contribution < -0.4 is 0 Å². The lowest BCUT2D eigenvalue weighted by atomic mass is 10.0. The Hall–Kier alpha value is -0.530. The first-order valence-electron chi connectivity index (χ1n) is 17.0. The van der Waals surface area contributed by atoms with Gasteiger partial charge in [0.1, 0.15) is 0 Å². The maximum atomic E-state index is 11.4. The maximum absolute atomic E-state index is 11.4. The van der Waals surface area contributed by atoms with Crippen molar-refractivity contribution in [2.45, 2.75) is 206 Å². The Kier molecular flexibility index (Phi) is 32.0. The van der Waals surface area contributed by atoms with Crippen LogP contribution in [0.3, 0.4) is 0 Å². The van der Waals surface area contributed by atoms with Crippen molar-refractivity contribution in [1.29, 1.82) is 0 Å². The molecule has 0 aliphatic heterocycles. The van der Waals surface area contributed by atoms with E-state index >= 15 is 0 Å². The third kappa shape index (κ3) is 31.5. The van der Waals surface area contributed by atoms with Gasteiger partial charge in [0.2, 0.25) is 0 Å². The molecule has 0 radical (unpaired) electrons. The number of carbonyl (C=O) groups is 1. The predicted molar refractivity (Wildman–Crippen MR) is 161 cm³/mol. The molecule has 0 spiro atoms. The standard InChI is InChI=1S/C34H68O2/c1-3-5-7-8-9-10-11-12-13-14-15-16-17-18-19-20-21-22-23-24-25-26-27-28-29-30-31-33-36-34(35)32-6-4-2/h3-33H2,1-2H3. The van der Waals surface area contributed by atoms with Crippen LogP contribution in [0, 0.1) is 0 Å². The largest absolute Gasteiger partial charge is 0.466 e. The highest BCUT2D eigenvalue weighted by molar-refractivity contribution is 5.69. The van der Waals surface area contributed by atoms with E-state index in [1.54, 1.807) is 0 Å². The van der Waals surface area contributed by atoms with Crippen molar-refractivity contribution in [1.82, 2.24) is 0 Å². The number of esters is 1. The van der Waals surface area contributed by atoms with Gasteiger partial charge in [0.25, 0.3) is 0 Å². The molecule has 0 aromatic carbocycles. The van der Waals surface area contributed by atoms with E-state index < -0.39 is 0 Å². The van der Waals surface area contributed by atoms with Crippen LogP contribution in [0.25, 0.3) is 0 Å². The summed E-state index contributed by atoms with van der Waals surface area (Å²) >= 11 is 0. The second-order valence-corrected chi connectivity index (χ2v) is 11.5. The smallest absolute Gasteiger partial charge is 0.305 e. The summed E-state index contributed by atoms with van der Waals surface area (Å²) in [6, 6.07) is 0. The average Bonchev–Trinajstić information content (AvgIpc) is 2.89. The van der Waals surface area contributed by atoms with Crippen LogP contribution in [0.1, 0.15) is 206 Å². The van der Waals surface area contributed by atoms with Crippen LogP contribution in [-0.4, -0.2) is 12.6 Å². The molecule has 0 saturated carbocycles. The molecule has 0 atom stereocenters. The third-order valence-corrected chi connectivity index (χ3v) is 7.75. The van der Waals surface area contributed by atoms with Crippen molar-refractivity contribution in [2.75, 3.05) is 6.61 Å². The number of ether oxygens (including phenoxy) is 1. The van der Waals surface area contributed by atoms with E-state index in [2.05, 4.69) is 13.8 Å². The van der Waals surface area contributed by atoms with Gasteiger partial charge in [-0.2, -0.15) is 0 Å². The fourth-order valence-electron chi connectivity index (χ4n) is 5.17. The Morgan fingerprint density at radius 2 is 0.611 bits per heavy atom. The summed E-state index contributed by atoms with van der Waals surface area (Å²) in [5.41, 5.74) is 0. The highest BCUT2D eigenvalue weighted by Crippen LogP contribution is 2.16. The summed E-state index contributed by atoms with van der Waals surface area (Å²) < 4.78 is 5.26. The summed E-state index contributed by atoms with van der Waals surface area (Å²) in [5.74, 6) is -0.00772. The van der Waals surface area contributed by atoms with Gasteiger partial charge in [-0.05, 0) is 12.8 Å². The summed E-state index contributed by atoms with van der Waals surface area (Å²) in [6.45, 7) is 5.03. The monoisotopic (exact) mass is 509 g/mol. The molecular formula is C34H68O2. The zero-order valence-corrected chi connectivity index (χ0v) is 25.2. The highest BCUT2D eigenvalue weighted by atomic mass is 16.5. The third-order valence-electron chi connectivity index (χ3n) is 7.75. The molecule has 216 valence electrons. The maximum Gasteiger partial charge on any atom is 0.305 e. The van der Waals surface area contributed by atoms with Gasteiger partial charge >= 0.3 is 5.97 Å². The highest BCUT2D eigenvalue weighted by Gasteiger charge is 2.01. The van der Waals surface area contributed by atoms with Crippen LogP contribution in [0.5, 0.6) is 0 Å². The van der Waals surface area contributed by atoms with Gasteiger partial charge in [-0.15, -0.1) is 0 Å². The number of unbranched alkanes of at least 4 members (excludes halogenated alkanes) is 27. The van der Waals surface area contributed by atoms with Crippen molar-refractivity contribution in [2.24, 2.45) is 0 Å². The van der Waals surface area contributed by atoms with Gasteiger partial charge in [0, 0.05) is 6.42 Å². The number of hydrogen-bond acceptors (Lipinski definition) is 2. The first kappa shape index (κ1) is 35.5. The Labute approximate surface area is 228 Å². The summed E-state index contributed by atoms with van der Waals surface area (Å²) in [7, 11) is 0. The number of carbonyl (C=O) groups excluding carboxylic acids is 1. The van der Waals surface area contributed by atoms with Crippen LogP contribution in [0.4, 0.5) is 0 Å². The molecule has 0 N–H and O–H groups in total. The van der Waals surface area contributed by atoms with E-state index in [-0.39, 0.29) is 5.97 Å². The minimum absolute atomic E-state index is 0.00772. The van der Waals surface area contributed by atoms with Gasteiger partial charge < -0.3 is 4.74 Å². The van der Waals surface area contributed by atoms with E-state index in [0.717, 1.165) is 19.3 Å². The lowest BCUT2D eigenvalue weighted by molar-refractivity contribution is -0.143. The van der Waals surface area contributed by atoms with Crippen LogP contribution in [0.2, 0.25) is 0 Å². The average molecular weight is 509 g/mol. The summed E-state index contributed by atoms with van der Waals surface area (Å²) in [5, 5.41) is 0. The molecule has 0 fully saturated rings. The molecule has 0 saturated heterocycles. The topological polar surface area (TPSA) is 26.3 Å². The van der Waals surface area contributed by atoms with Gasteiger partial charge in [0.15, 0.2) is 0 Å². The zero-order valence-electron chi connectivity index (χ0n) is 25.2. The molecule has 0 aliphatic carbocycles. The fourth-order valence-corrected chi connectivity index (χ4v) is 5.17. The predicted octanol–water partition coefficient (Wildman–Crippen LogP) is 12.3. The zero-order chi connectivity index (χ0) is 26.2. The summed E-state index contributed by atoms with van der Waals surface area (Å²) in [6.07, 6.45) is 41.0. The molecule has 2 nitrogen and oxygen atoms in total. The summed E-state index contributed by atoms with van der Waals surface area (Å²) in [4.78, 5) is 11.4. The Morgan fingerprint density at radius 3 is 0.889 bits per heavy atom. The van der Waals surface area contributed by atoms with Gasteiger partial charge in [-0.3, -0.25) is 4.79 Å². The number of hydrogen-bond donors (Lipinski definition) is 0. The molecule has 0 bridgehead atoms. The van der Waals surface area contributed by atoms with Gasteiger partial charge in [0.05, 0.1) is 6.61 Å². The fraction of sp³-hybridized carbons (Fsp3) is 0.971. The molecule has 0 amide bonds. The quantitative estimate of drug-likeness (QED) is 0.0687. The van der Waals surface area contributed by atoms with Crippen LogP contribution in [-0.2, 0) is 9.53 Å². The van der Waals surface area contributed by atoms with Crippen molar-refractivity contribution in [3.05, 3.63) is 0 Å². The molecule has 0 unspecified atom stereocenters. The molecule has 2 heteroatoms. The molecule has 0 aromatic rings. The van der Waals surface area contributed by atoms with E-state index in [4.69, 9.17) is 4.74 Å². The van der Waals surface area contributed by atoms with Crippen molar-refractivity contribution in [3.8, 4) is 0 Å². The Balaban J connectivity index is 3.05. The number of rotatable bonds is 31. The van der Waals surface area contributed by atoms with E-state index in [9.17, 15) is 4.79 Å². The van der Waals surface area contributed by atoms with E-state index in [1.165, 1.54) is 167 Å². The van der Waals surface area contributed by atoms with Gasteiger partial charge in [-0.25, -0.2) is 0 Å². The normalized spacial score (nSPS) is 11.3. The van der Waals surface area contributed by atoms with Crippen molar-refractivity contribution >= 4 is 5.97 Å². The first-order valence-corrected chi connectivity index (χ1v) is 17.0. The van der Waals surface area contributed by atoms with Crippen LogP contribution >= 0.6 is 0 Å². The second-order valence-electron chi connectivity index (χ2n) is 11.5. The molecule has 0 rings (SSSR count). The minimum Gasteiger partial charge on any atom is -0.466 e.